The molecule has 1 aliphatic rings. The lowest BCUT2D eigenvalue weighted by molar-refractivity contribution is -0.192. The van der Waals surface area contributed by atoms with Crippen LogP contribution in [0.25, 0.3) is 0 Å². The van der Waals surface area contributed by atoms with E-state index < -0.39 is 18.1 Å². The van der Waals surface area contributed by atoms with Crippen LogP contribution in [0.2, 0.25) is 0 Å². The van der Waals surface area contributed by atoms with E-state index >= 15 is 0 Å². The first-order valence-electron chi connectivity index (χ1n) is 5.57. The van der Waals surface area contributed by atoms with Gasteiger partial charge in [0.1, 0.15) is 0 Å². The minimum Gasteiger partial charge on any atom is -0.481 e. The molecule has 3 N–H and O–H groups in total. The largest absolute Gasteiger partial charge is 0.490 e. The Hall–Kier alpha value is -1.35. The Labute approximate surface area is 107 Å². The number of hydrogen-bond acceptors (Lipinski definition) is 4. The van der Waals surface area contributed by atoms with Crippen LogP contribution in [0.4, 0.5) is 13.2 Å². The van der Waals surface area contributed by atoms with Crippen molar-refractivity contribution in [3.8, 4) is 0 Å². The lowest BCUT2D eigenvalue weighted by Gasteiger charge is -2.22. The Morgan fingerprint density at radius 2 is 1.68 bits per heavy atom. The van der Waals surface area contributed by atoms with Gasteiger partial charge in [-0.1, -0.05) is 0 Å². The van der Waals surface area contributed by atoms with Crippen molar-refractivity contribution in [1.82, 2.24) is 5.32 Å². The normalized spacial score (nSPS) is 16.4. The van der Waals surface area contributed by atoms with Crippen molar-refractivity contribution in [3.63, 3.8) is 0 Å². The number of carboxylic acid groups (broad SMARTS) is 2. The maximum Gasteiger partial charge on any atom is 0.490 e. The van der Waals surface area contributed by atoms with Crippen LogP contribution in [-0.2, 0) is 14.3 Å². The van der Waals surface area contributed by atoms with Crippen LogP contribution in [0.5, 0.6) is 0 Å². The third-order valence-corrected chi connectivity index (χ3v) is 2.20. The number of rotatable bonds is 4. The fraction of sp³-hybridized carbons (Fsp3) is 0.800. The molecule has 19 heavy (non-hydrogen) atoms. The minimum absolute atomic E-state index is 0.115. The topological polar surface area (TPSA) is 95.9 Å². The quantitative estimate of drug-likeness (QED) is 0.710. The van der Waals surface area contributed by atoms with Crippen molar-refractivity contribution in [2.24, 2.45) is 0 Å². The average Bonchev–Trinajstić information content (AvgIpc) is 2.29. The van der Waals surface area contributed by atoms with Gasteiger partial charge in [-0.15, -0.1) is 0 Å². The fourth-order valence-corrected chi connectivity index (χ4v) is 1.28. The molecular formula is C10H16F3NO5. The summed E-state index contributed by atoms with van der Waals surface area (Å²) in [6.07, 6.45) is -2.70. The smallest absolute Gasteiger partial charge is 0.481 e. The number of ether oxygens (including phenoxy) is 1. The van der Waals surface area contributed by atoms with Crippen LogP contribution >= 0.6 is 0 Å². The predicted octanol–water partition coefficient (Wildman–Crippen LogP) is 0.863. The summed E-state index contributed by atoms with van der Waals surface area (Å²) in [6, 6.07) is 0. The fourth-order valence-electron chi connectivity index (χ4n) is 1.28. The molecule has 6 nitrogen and oxygen atoms in total. The van der Waals surface area contributed by atoms with Gasteiger partial charge < -0.3 is 20.3 Å². The number of piperidine rings is 1. The van der Waals surface area contributed by atoms with Gasteiger partial charge in [0.25, 0.3) is 0 Å². The van der Waals surface area contributed by atoms with E-state index in [2.05, 4.69) is 5.32 Å². The number of hydrogen-bond donors (Lipinski definition) is 3. The van der Waals surface area contributed by atoms with Gasteiger partial charge in [0.2, 0.25) is 0 Å². The summed E-state index contributed by atoms with van der Waals surface area (Å²) in [5.41, 5.74) is 0. The van der Waals surface area contributed by atoms with E-state index in [9.17, 15) is 18.0 Å². The number of alkyl halides is 3. The van der Waals surface area contributed by atoms with E-state index in [1.54, 1.807) is 0 Å². The number of carbonyl (C=O) groups is 2. The van der Waals surface area contributed by atoms with Crippen LogP contribution in [0, 0.1) is 0 Å². The first-order valence-corrected chi connectivity index (χ1v) is 5.57. The molecule has 0 amide bonds. The van der Waals surface area contributed by atoms with E-state index in [1.807, 2.05) is 0 Å². The van der Waals surface area contributed by atoms with Crippen molar-refractivity contribution in [2.45, 2.75) is 31.5 Å². The lowest BCUT2D eigenvalue weighted by atomic mass is 10.1. The van der Waals surface area contributed by atoms with E-state index in [-0.39, 0.29) is 12.5 Å². The maximum absolute atomic E-state index is 10.6. The molecule has 1 rings (SSSR count). The van der Waals surface area contributed by atoms with Crippen molar-refractivity contribution in [2.75, 3.05) is 19.7 Å². The van der Waals surface area contributed by atoms with Gasteiger partial charge in [0.05, 0.1) is 19.1 Å². The zero-order valence-corrected chi connectivity index (χ0v) is 10.1. The molecule has 1 aliphatic heterocycles. The molecule has 0 saturated carbocycles. The van der Waals surface area contributed by atoms with E-state index in [4.69, 9.17) is 19.7 Å². The first kappa shape index (κ1) is 17.6. The molecule has 0 radical (unpaired) electrons. The zero-order chi connectivity index (χ0) is 14.9. The second-order valence-electron chi connectivity index (χ2n) is 3.77. The van der Waals surface area contributed by atoms with Crippen molar-refractivity contribution in [3.05, 3.63) is 0 Å². The van der Waals surface area contributed by atoms with Gasteiger partial charge in [-0.2, -0.15) is 13.2 Å². The third kappa shape index (κ3) is 10.3. The van der Waals surface area contributed by atoms with Crippen molar-refractivity contribution >= 4 is 11.9 Å². The molecule has 9 heteroatoms. The van der Waals surface area contributed by atoms with Crippen LogP contribution in [-0.4, -0.2) is 54.1 Å². The van der Waals surface area contributed by atoms with Crippen LogP contribution in [0.3, 0.4) is 0 Å². The second kappa shape index (κ2) is 8.70. The van der Waals surface area contributed by atoms with Gasteiger partial charge >= 0.3 is 18.1 Å². The zero-order valence-electron chi connectivity index (χ0n) is 10.1. The molecule has 0 atom stereocenters. The number of halogens is 3. The minimum atomic E-state index is -5.08. The molecule has 0 aromatic carbocycles. The maximum atomic E-state index is 10.6. The molecule has 1 heterocycles. The summed E-state index contributed by atoms with van der Waals surface area (Å²) in [5, 5.41) is 18.7. The van der Waals surface area contributed by atoms with E-state index in [0.29, 0.717) is 6.61 Å². The standard InChI is InChI=1S/C8H15NO3.C2HF3O2/c10-8(11)3-6-12-7-1-4-9-5-2-7;3-2(4,5)1(6)7/h7,9H,1-6H2,(H,10,11);(H,6,7). The molecule has 0 aromatic rings. The highest BCUT2D eigenvalue weighted by Gasteiger charge is 2.38. The number of carboxylic acids is 2. The van der Waals surface area contributed by atoms with Gasteiger partial charge in [-0.25, -0.2) is 4.79 Å². The predicted molar refractivity (Wildman–Crippen MR) is 57.8 cm³/mol. The van der Waals surface area contributed by atoms with E-state index in [0.717, 1.165) is 25.9 Å². The summed E-state index contributed by atoms with van der Waals surface area (Å²) in [5.74, 6) is -3.54. The third-order valence-electron chi connectivity index (χ3n) is 2.20. The summed E-state index contributed by atoms with van der Waals surface area (Å²) in [4.78, 5) is 19.0. The number of nitrogens with one attached hydrogen (secondary N) is 1. The Kier molecular flexibility index (Phi) is 8.08. The van der Waals surface area contributed by atoms with Crippen molar-refractivity contribution < 1.29 is 37.7 Å². The van der Waals surface area contributed by atoms with Gasteiger partial charge in [0, 0.05) is 0 Å². The Balaban J connectivity index is 0.000000399. The highest BCUT2D eigenvalue weighted by atomic mass is 19.4. The van der Waals surface area contributed by atoms with Gasteiger partial charge in [-0.3, -0.25) is 4.79 Å². The Morgan fingerprint density at radius 1 is 1.21 bits per heavy atom. The molecule has 0 unspecified atom stereocenters. The Morgan fingerprint density at radius 3 is 2.05 bits per heavy atom. The average molecular weight is 287 g/mol. The van der Waals surface area contributed by atoms with Crippen molar-refractivity contribution in [1.29, 1.82) is 0 Å². The van der Waals surface area contributed by atoms with Crippen LogP contribution in [0.1, 0.15) is 19.3 Å². The SMILES string of the molecule is O=C(O)C(F)(F)F.O=C(O)CCOC1CCNCC1. The molecule has 1 fully saturated rings. The molecule has 0 spiro atoms. The van der Waals surface area contributed by atoms with E-state index in [1.165, 1.54) is 0 Å². The molecule has 0 aliphatic carbocycles. The lowest BCUT2D eigenvalue weighted by Crippen LogP contribution is -2.32. The monoisotopic (exact) mass is 287 g/mol. The molecule has 1 saturated heterocycles. The summed E-state index contributed by atoms with van der Waals surface area (Å²) < 4.78 is 37.1. The highest BCUT2D eigenvalue weighted by molar-refractivity contribution is 5.73. The second-order valence-corrected chi connectivity index (χ2v) is 3.77. The first-order chi connectivity index (χ1) is 8.73. The van der Waals surface area contributed by atoms with Gasteiger partial charge in [-0.05, 0) is 25.9 Å². The van der Waals surface area contributed by atoms with Gasteiger partial charge in [0.15, 0.2) is 0 Å². The van der Waals surface area contributed by atoms with Crippen LogP contribution in [0.15, 0.2) is 0 Å². The summed E-state index contributed by atoms with van der Waals surface area (Å²) in [6.45, 7) is 2.31. The molecule has 0 bridgehead atoms. The molecule has 0 aromatic heterocycles. The number of aliphatic carboxylic acids is 2. The van der Waals surface area contributed by atoms with Crippen LogP contribution < -0.4 is 5.32 Å². The molecule has 112 valence electrons. The summed E-state index contributed by atoms with van der Waals surface area (Å²) >= 11 is 0. The molecular weight excluding hydrogens is 271 g/mol. The highest BCUT2D eigenvalue weighted by Crippen LogP contribution is 2.13. The Bertz CT molecular complexity index is 289. The summed E-state index contributed by atoms with van der Waals surface area (Å²) in [7, 11) is 0.